The highest BCUT2D eigenvalue weighted by Crippen LogP contribution is 2.29. The molecule has 0 fully saturated rings. The van der Waals surface area contributed by atoms with Gasteiger partial charge < -0.3 is 0 Å². The number of alkyl halides is 3. The molecule has 0 spiro atoms. The smallest absolute Gasteiger partial charge is 0.286 e. The summed E-state index contributed by atoms with van der Waals surface area (Å²) in [6.45, 7) is 0. The lowest BCUT2D eigenvalue weighted by atomic mass is 10.1. The maximum absolute atomic E-state index is 12.3. The SMILES string of the molecule is [2H]C([2H])(CS(=O)(=O)O)c1ccc(C(F)(F)F)cc1. The van der Waals surface area contributed by atoms with Gasteiger partial charge >= 0.3 is 6.18 Å². The van der Waals surface area contributed by atoms with Crippen molar-refractivity contribution in [3.05, 3.63) is 35.4 Å². The number of hydrogen-bond acceptors (Lipinski definition) is 2. The number of aryl methyl sites for hydroxylation is 1. The maximum Gasteiger partial charge on any atom is 0.416 e. The van der Waals surface area contributed by atoms with E-state index < -0.39 is 34.0 Å². The fourth-order valence-electron chi connectivity index (χ4n) is 0.952. The summed E-state index contributed by atoms with van der Waals surface area (Å²) in [6, 6.07) is 2.98. The third kappa shape index (κ3) is 4.19. The second kappa shape index (κ2) is 4.42. The molecule has 16 heavy (non-hydrogen) atoms. The van der Waals surface area contributed by atoms with Crippen molar-refractivity contribution in [3.63, 3.8) is 0 Å². The predicted molar refractivity (Wildman–Crippen MR) is 51.6 cm³/mol. The van der Waals surface area contributed by atoms with E-state index in [0.717, 1.165) is 12.1 Å². The third-order valence-corrected chi connectivity index (χ3v) is 2.18. The Balaban J connectivity index is 3.05. The Morgan fingerprint density at radius 1 is 1.25 bits per heavy atom. The molecular formula is C9H9F3O3S. The fourth-order valence-corrected chi connectivity index (χ4v) is 1.30. The van der Waals surface area contributed by atoms with Gasteiger partial charge in [0, 0.05) is 2.74 Å². The number of rotatable bonds is 3. The van der Waals surface area contributed by atoms with Crippen molar-refractivity contribution in [3.8, 4) is 0 Å². The molecule has 0 aliphatic heterocycles. The molecule has 0 saturated heterocycles. The fraction of sp³-hybridized carbons (Fsp3) is 0.333. The minimum absolute atomic E-state index is 0.256. The Hall–Kier alpha value is -1.08. The van der Waals surface area contributed by atoms with Crippen molar-refractivity contribution >= 4 is 10.1 Å². The first kappa shape index (κ1) is 10.1. The number of hydrogen-bond donors (Lipinski definition) is 1. The topological polar surface area (TPSA) is 54.4 Å². The predicted octanol–water partition coefficient (Wildman–Crippen LogP) is 2.14. The molecule has 0 aromatic heterocycles. The van der Waals surface area contributed by atoms with Crippen LogP contribution in [0, 0.1) is 0 Å². The average Bonchev–Trinajstić information content (AvgIpc) is 2.13. The van der Waals surface area contributed by atoms with Gasteiger partial charge in [0.2, 0.25) is 0 Å². The lowest BCUT2D eigenvalue weighted by molar-refractivity contribution is -0.137. The second-order valence-corrected chi connectivity index (χ2v) is 4.43. The van der Waals surface area contributed by atoms with Crippen LogP contribution in [0.15, 0.2) is 24.3 Å². The van der Waals surface area contributed by atoms with Gasteiger partial charge in [0.1, 0.15) is 0 Å². The van der Waals surface area contributed by atoms with Crippen LogP contribution < -0.4 is 0 Å². The van der Waals surface area contributed by atoms with Gasteiger partial charge in [-0.1, -0.05) is 12.1 Å². The Labute approximate surface area is 93.5 Å². The molecule has 0 heterocycles. The zero-order valence-electron chi connectivity index (χ0n) is 9.82. The molecule has 1 N–H and O–H groups in total. The molecule has 1 rings (SSSR count). The van der Waals surface area contributed by atoms with Gasteiger partial charge in [-0.3, -0.25) is 4.55 Å². The van der Waals surface area contributed by atoms with Crippen molar-refractivity contribution in [1.29, 1.82) is 0 Å². The first-order valence-electron chi connectivity index (χ1n) is 5.05. The van der Waals surface area contributed by atoms with E-state index in [2.05, 4.69) is 0 Å². The van der Waals surface area contributed by atoms with Gasteiger partial charge in [-0.2, -0.15) is 21.6 Å². The standard InChI is InChI=1S/C9H9F3O3S/c10-9(11,12)8-3-1-7(2-4-8)5-6-16(13,14)15/h1-4H,5-6H2,(H,13,14,15)/i5D2. The summed E-state index contributed by atoms with van der Waals surface area (Å²) >= 11 is 0. The summed E-state index contributed by atoms with van der Waals surface area (Å²) in [6.07, 6.45) is -7.01. The molecule has 0 amide bonds. The summed E-state index contributed by atoms with van der Waals surface area (Å²) in [5.41, 5.74) is -1.22. The van der Waals surface area contributed by atoms with E-state index in [0.29, 0.717) is 12.1 Å². The van der Waals surface area contributed by atoms with Crippen LogP contribution in [0.5, 0.6) is 0 Å². The van der Waals surface area contributed by atoms with Gasteiger partial charge in [0.15, 0.2) is 0 Å². The summed E-state index contributed by atoms with van der Waals surface area (Å²) in [4.78, 5) is 0. The number of benzene rings is 1. The van der Waals surface area contributed by atoms with Crippen molar-refractivity contribution < 1.29 is 28.9 Å². The molecule has 0 bridgehead atoms. The largest absolute Gasteiger partial charge is 0.416 e. The summed E-state index contributed by atoms with van der Waals surface area (Å²) < 4.78 is 81.3. The molecule has 90 valence electrons. The molecule has 0 aliphatic rings. The normalized spacial score (nSPS) is 15.5. The molecule has 0 aliphatic carbocycles. The van der Waals surface area contributed by atoms with Crippen LogP contribution in [-0.2, 0) is 22.7 Å². The Kier molecular flexibility index (Phi) is 2.79. The van der Waals surface area contributed by atoms with Gasteiger partial charge in [-0.05, 0) is 24.1 Å². The molecule has 0 saturated carbocycles. The Morgan fingerprint density at radius 3 is 2.12 bits per heavy atom. The summed E-state index contributed by atoms with van der Waals surface area (Å²) in [7, 11) is -4.57. The average molecular weight is 256 g/mol. The summed E-state index contributed by atoms with van der Waals surface area (Å²) in [5, 5.41) is 0. The van der Waals surface area contributed by atoms with Crippen LogP contribution in [-0.4, -0.2) is 18.7 Å². The van der Waals surface area contributed by atoms with Crippen molar-refractivity contribution in [1.82, 2.24) is 0 Å². The van der Waals surface area contributed by atoms with Crippen molar-refractivity contribution in [2.24, 2.45) is 0 Å². The van der Waals surface area contributed by atoms with E-state index in [4.69, 9.17) is 7.29 Å². The van der Waals surface area contributed by atoms with E-state index in [-0.39, 0.29) is 5.56 Å². The zero-order valence-corrected chi connectivity index (χ0v) is 8.64. The molecule has 1 aromatic rings. The molecule has 0 unspecified atom stereocenters. The van der Waals surface area contributed by atoms with E-state index in [1.807, 2.05) is 0 Å². The van der Waals surface area contributed by atoms with Crippen molar-refractivity contribution in [2.45, 2.75) is 12.5 Å². The lowest BCUT2D eigenvalue weighted by Gasteiger charge is -2.07. The van der Waals surface area contributed by atoms with Gasteiger partial charge in [0.05, 0.1) is 11.3 Å². The quantitative estimate of drug-likeness (QED) is 0.843. The van der Waals surface area contributed by atoms with Crippen LogP contribution in [0.1, 0.15) is 13.9 Å². The molecule has 1 aromatic carbocycles. The molecular weight excluding hydrogens is 245 g/mol. The van der Waals surface area contributed by atoms with Crippen molar-refractivity contribution in [2.75, 3.05) is 5.75 Å². The highest BCUT2D eigenvalue weighted by Gasteiger charge is 2.29. The zero-order chi connectivity index (χ0) is 14.2. The van der Waals surface area contributed by atoms with Gasteiger partial charge in [-0.15, -0.1) is 0 Å². The highest BCUT2D eigenvalue weighted by molar-refractivity contribution is 7.85. The van der Waals surface area contributed by atoms with E-state index >= 15 is 0 Å². The Morgan fingerprint density at radius 2 is 1.75 bits per heavy atom. The first-order chi connectivity index (χ1) is 7.92. The molecule has 0 atom stereocenters. The Bertz CT molecular complexity index is 523. The van der Waals surface area contributed by atoms with Crippen LogP contribution in [0.2, 0.25) is 0 Å². The van der Waals surface area contributed by atoms with Crippen LogP contribution in [0.4, 0.5) is 13.2 Å². The second-order valence-electron chi connectivity index (χ2n) is 2.98. The molecule has 0 radical (unpaired) electrons. The van der Waals surface area contributed by atoms with E-state index in [1.54, 1.807) is 0 Å². The highest BCUT2D eigenvalue weighted by atomic mass is 32.2. The molecule has 7 heteroatoms. The van der Waals surface area contributed by atoms with Crippen LogP contribution >= 0.6 is 0 Å². The van der Waals surface area contributed by atoms with Gasteiger partial charge in [-0.25, -0.2) is 0 Å². The third-order valence-electron chi connectivity index (χ3n) is 1.67. The first-order valence-corrected chi connectivity index (χ1v) is 5.66. The van der Waals surface area contributed by atoms with Crippen LogP contribution in [0.25, 0.3) is 0 Å². The molecule has 3 nitrogen and oxygen atoms in total. The minimum Gasteiger partial charge on any atom is -0.286 e. The van der Waals surface area contributed by atoms with E-state index in [9.17, 15) is 21.6 Å². The van der Waals surface area contributed by atoms with E-state index in [1.165, 1.54) is 0 Å². The monoisotopic (exact) mass is 256 g/mol. The summed E-state index contributed by atoms with van der Waals surface area (Å²) in [5.74, 6) is -1.22. The van der Waals surface area contributed by atoms with Crippen LogP contribution in [0.3, 0.4) is 0 Å². The lowest BCUT2D eigenvalue weighted by Crippen LogP contribution is -2.08. The van der Waals surface area contributed by atoms with Gasteiger partial charge in [0.25, 0.3) is 10.1 Å². The minimum atomic E-state index is -4.57. The number of halogens is 3. The maximum atomic E-state index is 12.3.